The van der Waals surface area contributed by atoms with Crippen molar-refractivity contribution >= 4 is 34.2 Å². The fourth-order valence-corrected chi connectivity index (χ4v) is 1.96. The normalized spacial score (nSPS) is 13.6. The molecule has 1 unspecified atom stereocenters. The van der Waals surface area contributed by atoms with Crippen LogP contribution in [-0.2, 0) is 0 Å². The summed E-state index contributed by atoms with van der Waals surface area (Å²) in [6.45, 7) is 3.84. The highest BCUT2D eigenvalue weighted by atomic mass is 35.5. The molecule has 1 atom stereocenters. The maximum Gasteiger partial charge on any atom is 0.154 e. The zero-order valence-corrected chi connectivity index (χ0v) is 10.5. The van der Waals surface area contributed by atoms with E-state index in [1.54, 1.807) is 18.2 Å². The third-order valence-electron chi connectivity index (χ3n) is 2.52. The van der Waals surface area contributed by atoms with Gasteiger partial charge in [0.2, 0.25) is 0 Å². The van der Waals surface area contributed by atoms with Crippen molar-refractivity contribution in [3.05, 3.63) is 34.0 Å². The van der Waals surface area contributed by atoms with Gasteiger partial charge >= 0.3 is 0 Å². The number of benzene rings is 1. The van der Waals surface area contributed by atoms with Crippen molar-refractivity contribution < 1.29 is 9.52 Å². The Labute approximate surface area is 104 Å². The Morgan fingerprint density at radius 2 is 1.81 bits per heavy atom. The average molecular weight is 259 g/mol. The van der Waals surface area contributed by atoms with Crippen molar-refractivity contribution in [3.8, 4) is 0 Å². The summed E-state index contributed by atoms with van der Waals surface area (Å²) in [5.41, 5.74) is 0.531. The van der Waals surface area contributed by atoms with Gasteiger partial charge in [-0.15, -0.1) is 0 Å². The zero-order chi connectivity index (χ0) is 11.9. The monoisotopic (exact) mass is 258 g/mol. The number of aliphatic hydroxyl groups excluding tert-OH is 1. The molecule has 86 valence electrons. The first kappa shape index (κ1) is 11.8. The van der Waals surface area contributed by atoms with Crippen LogP contribution in [0.4, 0.5) is 0 Å². The largest absolute Gasteiger partial charge is 0.457 e. The van der Waals surface area contributed by atoms with Gasteiger partial charge in [-0.2, -0.15) is 0 Å². The van der Waals surface area contributed by atoms with E-state index in [1.807, 2.05) is 13.8 Å². The molecule has 16 heavy (non-hydrogen) atoms. The van der Waals surface area contributed by atoms with Crippen molar-refractivity contribution in [1.29, 1.82) is 0 Å². The fraction of sp³-hybridized carbons (Fsp3) is 0.333. The van der Waals surface area contributed by atoms with Gasteiger partial charge in [-0.1, -0.05) is 37.0 Å². The van der Waals surface area contributed by atoms with Crippen LogP contribution < -0.4 is 0 Å². The maximum atomic E-state index is 9.90. The molecular formula is C12H12Cl2O2. The first-order valence-corrected chi connectivity index (χ1v) is 5.82. The van der Waals surface area contributed by atoms with Gasteiger partial charge in [-0.25, -0.2) is 0 Å². The summed E-state index contributed by atoms with van der Waals surface area (Å²) in [4.78, 5) is 0. The molecule has 1 N–H and O–H groups in total. The molecule has 0 spiro atoms. The second-order valence-electron chi connectivity index (χ2n) is 4.11. The SMILES string of the molecule is CC(C)C(O)c1cc2c(Cl)ccc(Cl)c2o1. The van der Waals surface area contributed by atoms with Crippen LogP contribution in [0, 0.1) is 5.92 Å². The number of rotatable bonds is 2. The smallest absolute Gasteiger partial charge is 0.154 e. The Morgan fingerprint density at radius 3 is 2.38 bits per heavy atom. The summed E-state index contributed by atoms with van der Waals surface area (Å²) in [6, 6.07) is 5.14. The third-order valence-corrected chi connectivity index (χ3v) is 3.15. The fourth-order valence-electron chi connectivity index (χ4n) is 1.55. The van der Waals surface area contributed by atoms with E-state index in [-0.39, 0.29) is 5.92 Å². The maximum absolute atomic E-state index is 9.90. The minimum Gasteiger partial charge on any atom is -0.457 e. The highest BCUT2D eigenvalue weighted by Gasteiger charge is 2.19. The van der Waals surface area contributed by atoms with Gasteiger partial charge < -0.3 is 9.52 Å². The molecule has 0 aliphatic rings. The van der Waals surface area contributed by atoms with Crippen LogP contribution in [0.15, 0.2) is 22.6 Å². The van der Waals surface area contributed by atoms with E-state index in [0.29, 0.717) is 21.4 Å². The van der Waals surface area contributed by atoms with Gasteiger partial charge in [0.05, 0.1) is 10.0 Å². The number of furan rings is 1. The summed E-state index contributed by atoms with van der Waals surface area (Å²) < 4.78 is 5.54. The molecule has 0 saturated carbocycles. The molecular weight excluding hydrogens is 247 g/mol. The molecule has 0 amide bonds. The highest BCUT2D eigenvalue weighted by Crippen LogP contribution is 2.35. The van der Waals surface area contributed by atoms with Crippen LogP contribution in [0.2, 0.25) is 10.0 Å². The van der Waals surface area contributed by atoms with E-state index in [0.717, 1.165) is 5.39 Å². The van der Waals surface area contributed by atoms with Crippen LogP contribution in [0.25, 0.3) is 11.0 Å². The Hall–Kier alpha value is -0.700. The molecule has 1 aromatic carbocycles. The molecule has 0 radical (unpaired) electrons. The van der Waals surface area contributed by atoms with Gasteiger partial charge in [0.15, 0.2) is 5.58 Å². The quantitative estimate of drug-likeness (QED) is 0.865. The van der Waals surface area contributed by atoms with Gasteiger partial charge in [0.1, 0.15) is 11.9 Å². The minimum atomic E-state index is -0.639. The predicted octanol–water partition coefficient (Wildman–Crippen LogP) is 4.43. The summed E-state index contributed by atoms with van der Waals surface area (Å²) >= 11 is 12.0. The second kappa shape index (κ2) is 4.28. The van der Waals surface area contributed by atoms with Crippen LogP contribution in [0.5, 0.6) is 0 Å². The lowest BCUT2D eigenvalue weighted by atomic mass is 10.1. The van der Waals surface area contributed by atoms with E-state index in [4.69, 9.17) is 27.6 Å². The van der Waals surface area contributed by atoms with Gasteiger partial charge in [-0.05, 0) is 24.1 Å². The van der Waals surface area contributed by atoms with Crippen molar-refractivity contribution in [2.24, 2.45) is 5.92 Å². The van der Waals surface area contributed by atoms with Crippen LogP contribution in [-0.4, -0.2) is 5.11 Å². The summed E-state index contributed by atoms with van der Waals surface area (Å²) in [5, 5.41) is 11.7. The predicted molar refractivity (Wildman–Crippen MR) is 66.0 cm³/mol. The van der Waals surface area contributed by atoms with E-state index in [1.165, 1.54) is 0 Å². The molecule has 1 aromatic heterocycles. The van der Waals surface area contributed by atoms with Crippen LogP contribution in [0.1, 0.15) is 25.7 Å². The van der Waals surface area contributed by atoms with Gasteiger partial charge in [0, 0.05) is 5.39 Å². The topological polar surface area (TPSA) is 33.4 Å². The first-order chi connectivity index (χ1) is 7.50. The van der Waals surface area contributed by atoms with Crippen molar-refractivity contribution in [2.45, 2.75) is 20.0 Å². The average Bonchev–Trinajstić information content (AvgIpc) is 2.68. The number of aliphatic hydroxyl groups is 1. The molecule has 1 heterocycles. The number of hydrogen-bond acceptors (Lipinski definition) is 2. The van der Waals surface area contributed by atoms with Crippen molar-refractivity contribution in [1.82, 2.24) is 0 Å². The molecule has 2 aromatic rings. The van der Waals surface area contributed by atoms with E-state index >= 15 is 0 Å². The lowest BCUT2D eigenvalue weighted by Crippen LogP contribution is -2.03. The molecule has 2 rings (SSSR count). The van der Waals surface area contributed by atoms with Crippen molar-refractivity contribution in [2.75, 3.05) is 0 Å². The van der Waals surface area contributed by atoms with E-state index < -0.39 is 6.10 Å². The Kier molecular flexibility index (Phi) is 3.15. The highest BCUT2D eigenvalue weighted by molar-refractivity contribution is 6.39. The molecule has 0 aliphatic carbocycles. The van der Waals surface area contributed by atoms with Crippen LogP contribution in [0.3, 0.4) is 0 Å². The summed E-state index contributed by atoms with van der Waals surface area (Å²) in [7, 11) is 0. The molecule has 0 aliphatic heterocycles. The third kappa shape index (κ3) is 1.93. The molecule has 0 bridgehead atoms. The Bertz CT molecular complexity index is 478. The lowest BCUT2D eigenvalue weighted by Gasteiger charge is -2.10. The summed E-state index contributed by atoms with van der Waals surface area (Å²) in [6.07, 6.45) is -0.639. The molecule has 0 saturated heterocycles. The first-order valence-electron chi connectivity index (χ1n) is 5.06. The van der Waals surface area contributed by atoms with E-state index in [2.05, 4.69) is 0 Å². The van der Waals surface area contributed by atoms with Crippen LogP contribution >= 0.6 is 23.2 Å². The van der Waals surface area contributed by atoms with Crippen molar-refractivity contribution in [3.63, 3.8) is 0 Å². The number of halogens is 2. The zero-order valence-electron chi connectivity index (χ0n) is 9.00. The second-order valence-corrected chi connectivity index (χ2v) is 4.92. The standard InChI is InChI=1S/C12H12Cl2O2/c1-6(2)11(15)10-5-7-8(13)3-4-9(14)12(7)16-10/h3-6,11,15H,1-2H3. The van der Waals surface area contributed by atoms with E-state index in [9.17, 15) is 5.11 Å². The molecule has 0 fully saturated rings. The minimum absolute atomic E-state index is 0.0816. The number of hydrogen-bond donors (Lipinski definition) is 1. The van der Waals surface area contributed by atoms with Gasteiger partial charge in [0.25, 0.3) is 0 Å². The number of fused-ring (bicyclic) bond motifs is 1. The Balaban J connectivity index is 2.60. The lowest BCUT2D eigenvalue weighted by molar-refractivity contribution is 0.104. The van der Waals surface area contributed by atoms with Gasteiger partial charge in [-0.3, -0.25) is 0 Å². The molecule has 4 heteroatoms. The summed E-state index contributed by atoms with van der Waals surface area (Å²) in [5.74, 6) is 0.582. The Morgan fingerprint density at radius 1 is 1.19 bits per heavy atom. The molecule has 2 nitrogen and oxygen atoms in total.